The average Bonchev–Trinajstić information content (AvgIpc) is 3.26. The number of unbranched alkanes of at least 4 members (excludes halogenated alkanes) is 1. The number of carbonyl (C=O) groups is 2. The van der Waals surface area contributed by atoms with Crippen LogP contribution in [0, 0.1) is 0 Å². The van der Waals surface area contributed by atoms with Crippen LogP contribution < -0.4 is 10.6 Å². The number of amides is 2. The van der Waals surface area contributed by atoms with Gasteiger partial charge in [0.2, 0.25) is 5.91 Å². The second-order valence-electron chi connectivity index (χ2n) is 5.02. The Morgan fingerprint density at radius 3 is 2.46 bits per heavy atom. The van der Waals surface area contributed by atoms with Gasteiger partial charge in [0, 0.05) is 18.7 Å². The van der Waals surface area contributed by atoms with Gasteiger partial charge in [-0.2, -0.15) is 0 Å². The third-order valence-corrected chi connectivity index (χ3v) is 3.09. The Balaban J connectivity index is 2.04. The molecule has 0 unspecified atom stereocenters. The van der Waals surface area contributed by atoms with Crippen molar-refractivity contribution in [3.63, 3.8) is 0 Å². The van der Waals surface area contributed by atoms with Crippen LogP contribution in [0.1, 0.15) is 31.3 Å². The maximum atomic E-state index is 12.2. The van der Waals surface area contributed by atoms with Crippen molar-refractivity contribution in [3.8, 4) is 0 Å². The number of nitrogens with one attached hydrogen (secondary N) is 2. The molecule has 0 fully saturated rings. The molecule has 2 aromatic rings. The number of carbonyl (C=O) groups excluding carboxylic acids is 2. The Morgan fingerprint density at radius 2 is 1.83 bits per heavy atom. The molecular formula is C18H20N2O4. The lowest BCUT2D eigenvalue weighted by Crippen LogP contribution is -2.34. The van der Waals surface area contributed by atoms with Crippen molar-refractivity contribution < 1.29 is 18.4 Å². The molecule has 2 N–H and O–H groups in total. The van der Waals surface area contributed by atoms with E-state index in [2.05, 4.69) is 10.6 Å². The fraction of sp³-hybridized carbons (Fsp3) is 0.222. The number of hydrogen-bond acceptors (Lipinski definition) is 4. The second-order valence-corrected chi connectivity index (χ2v) is 5.02. The standard InChI is InChI=1S/C18H20N2O4/c1-2-3-10-19-18(22)16(13-15-7-5-12-24-15)20-17(21)9-8-14-6-4-11-23-14/h4-9,11-13H,2-3,10H2,1H3,(H,19,22)(H,20,21)/b9-8+,16-13+. The highest BCUT2D eigenvalue weighted by molar-refractivity contribution is 6.03. The normalized spacial score (nSPS) is 11.6. The van der Waals surface area contributed by atoms with Crippen LogP contribution in [0.4, 0.5) is 0 Å². The van der Waals surface area contributed by atoms with E-state index in [0.717, 1.165) is 12.8 Å². The van der Waals surface area contributed by atoms with Gasteiger partial charge in [0.1, 0.15) is 17.2 Å². The summed E-state index contributed by atoms with van der Waals surface area (Å²) in [5.41, 5.74) is 0.121. The van der Waals surface area contributed by atoms with Crippen molar-refractivity contribution in [1.82, 2.24) is 10.6 Å². The summed E-state index contributed by atoms with van der Waals surface area (Å²) in [6.45, 7) is 2.58. The highest BCUT2D eigenvalue weighted by Gasteiger charge is 2.12. The molecule has 2 amide bonds. The molecule has 0 aliphatic carbocycles. The van der Waals surface area contributed by atoms with Crippen LogP contribution in [0.5, 0.6) is 0 Å². The predicted octanol–water partition coefficient (Wildman–Crippen LogP) is 2.96. The molecule has 0 aliphatic rings. The molecule has 2 rings (SSSR count). The van der Waals surface area contributed by atoms with E-state index in [1.165, 1.54) is 30.8 Å². The van der Waals surface area contributed by atoms with Crippen LogP contribution in [-0.2, 0) is 9.59 Å². The number of rotatable bonds is 8. The van der Waals surface area contributed by atoms with Gasteiger partial charge in [-0.15, -0.1) is 0 Å². The lowest BCUT2D eigenvalue weighted by atomic mass is 10.3. The Labute approximate surface area is 140 Å². The van der Waals surface area contributed by atoms with E-state index in [4.69, 9.17) is 8.83 Å². The van der Waals surface area contributed by atoms with E-state index in [1.54, 1.807) is 24.3 Å². The highest BCUT2D eigenvalue weighted by atomic mass is 16.3. The zero-order valence-corrected chi connectivity index (χ0v) is 13.5. The first-order valence-electron chi connectivity index (χ1n) is 7.75. The van der Waals surface area contributed by atoms with Gasteiger partial charge in [-0.1, -0.05) is 13.3 Å². The fourth-order valence-corrected chi connectivity index (χ4v) is 1.87. The summed E-state index contributed by atoms with van der Waals surface area (Å²) in [5.74, 6) is 0.231. The summed E-state index contributed by atoms with van der Waals surface area (Å²) in [6.07, 6.45) is 9.16. The van der Waals surface area contributed by atoms with Gasteiger partial charge in [0.05, 0.1) is 12.5 Å². The summed E-state index contributed by atoms with van der Waals surface area (Å²) >= 11 is 0. The van der Waals surface area contributed by atoms with E-state index < -0.39 is 5.91 Å². The smallest absolute Gasteiger partial charge is 0.267 e. The average molecular weight is 328 g/mol. The lowest BCUT2D eigenvalue weighted by molar-refractivity contribution is -0.121. The minimum absolute atomic E-state index is 0.121. The Kier molecular flexibility index (Phi) is 6.64. The van der Waals surface area contributed by atoms with Gasteiger partial charge in [0.15, 0.2) is 0 Å². The first-order chi connectivity index (χ1) is 11.7. The minimum atomic E-state index is -0.435. The summed E-state index contributed by atoms with van der Waals surface area (Å²) in [4.78, 5) is 24.3. The molecule has 24 heavy (non-hydrogen) atoms. The van der Waals surface area contributed by atoms with Crippen LogP contribution in [-0.4, -0.2) is 18.4 Å². The Bertz CT molecular complexity index is 697. The molecule has 0 spiro atoms. The second kappa shape index (κ2) is 9.19. The molecule has 0 radical (unpaired) electrons. The fourth-order valence-electron chi connectivity index (χ4n) is 1.87. The molecule has 2 heterocycles. The Morgan fingerprint density at radius 1 is 1.12 bits per heavy atom. The van der Waals surface area contributed by atoms with Crippen LogP contribution in [0.2, 0.25) is 0 Å². The highest BCUT2D eigenvalue weighted by Crippen LogP contribution is 2.07. The molecule has 6 nitrogen and oxygen atoms in total. The summed E-state index contributed by atoms with van der Waals surface area (Å²) < 4.78 is 10.3. The van der Waals surface area contributed by atoms with Crippen LogP contribution >= 0.6 is 0 Å². The summed E-state index contributed by atoms with van der Waals surface area (Å²) in [5, 5.41) is 5.33. The molecule has 0 saturated carbocycles. The van der Waals surface area contributed by atoms with Crippen molar-refractivity contribution in [2.24, 2.45) is 0 Å². The van der Waals surface area contributed by atoms with E-state index >= 15 is 0 Å². The molecule has 0 aliphatic heterocycles. The molecule has 2 aromatic heterocycles. The monoisotopic (exact) mass is 328 g/mol. The predicted molar refractivity (Wildman–Crippen MR) is 90.5 cm³/mol. The van der Waals surface area contributed by atoms with Gasteiger partial charge in [-0.3, -0.25) is 9.59 Å². The van der Waals surface area contributed by atoms with E-state index in [9.17, 15) is 9.59 Å². The van der Waals surface area contributed by atoms with Crippen molar-refractivity contribution >= 4 is 24.0 Å². The zero-order valence-electron chi connectivity index (χ0n) is 13.5. The number of furan rings is 2. The van der Waals surface area contributed by atoms with Crippen LogP contribution in [0.25, 0.3) is 12.2 Å². The number of hydrogen-bond donors (Lipinski definition) is 2. The lowest BCUT2D eigenvalue weighted by Gasteiger charge is -2.08. The molecule has 126 valence electrons. The largest absolute Gasteiger partial charge is 0.465 e. The van der Waals surface area contributed by atoms with Gasteiger partial charge in [-0.25, -0.2) is 0 Å². The van der Waals surface area contributed by atoms with Gasteiger partial charge in [-0.05, 0) is 36.8 Å². The maximum Gasteiger partial charge on any atom is 0.267 e. The Hall–Kier alpha value is -3.02. The first kappa shape index (κ1) is 17.3. The molecule has 0 aromatic carbocycles. The summed E-state index contributed by atoms with van der Waals surface area (Å²) in [7, 11) is 0. The molecular weight excluding hydrogens is 308 g/mol. The van der Waals surface area contributed by atoms with E-state index in [1.807, 2.05) is 6.92 Å². The van der Waals surface area contributed by atoms with Crippen molar-refractivity contribution in [1.29, 1.82) is 0 Å². The quantitative estimate of drug-likeness (QED) is 0.576. The summed E-state index contributed by atoms with van der Waals surface area (Å²) in [6, 6.07) is 6.85. The van der Waals surface area contributed by atoms with E-state index in [-0.39, 0.29) is 11.6 Å². The van der Waals surface area contributed by atoms with Crippen molar-refractivity contribution in [2.75, 3.05) is 6.54 Å². The van der Waals surface area contributed by atoms with Crippen molar-refractivity contribution in [3.05, 3.63) is 60.1 Å². The maximum absolute atomic E-state index is 12.2. The third kappa shape index (κ3) is 5.64. The van der Waals surface area contributed by atoms with Gasteiger partial charge >= 0.3 is 0 Å². The topological polar surface area (TPSA) is 84.5 Å². The first-order valence-corrected chi connectivity index (χ1v) is 7.75. The molecule has 0 bridgehead atoms. The van der Waals surface area contributed by atoms with Crippen LogP contribution in [0.15, 0.2) is 57.4 Å². The third-order valence-electron chi connectivity index (χ3n) is 3.09. The molecule has 0 saturated heterocycles. The van der Waals surface area contributed by atoms with E-state index in [0.29, 0.717) is 18.1 Å². The van der Waals surface area contributed by atoms with Gasteiger partial charge < -0.3 is 19.5 Å². The zero-order chi connectivity index (χ0) is 17.2. The van der Waals surface area contributed by atoms with Gasteiger partial charge in [0.25, 0.3) is 5.91 Å². The molecule has 6 heteroatoms. The van der Waals surface area contributed by atoms with Crippen molar-refractivity contribution in [2.45, 2.75) is 19.8 Å². The SMILES string of the molecule is CCCCNC(=O)/C(=C\c1ccco1)NC(=O)/C=C/c1ccco1. The molecule has 0 atom stereocenters. The van der Waals surface area contributed by atoms with Crippen LogP contribution in [0.3, 0.4) is 0 Å². The minimum Gasteiger partial charge on any atom is -0.465 e.